The average Bonchev–Trinajstić information content (AvgIpc) is 2.29. The van der Waals surface area contributed by atoms with Gasteiger partial charge in [0.2, 0.25) is 0 Å². The Hall–Kier alpha value is -1.13. The Balaban J connectivity index is 2.40. The fourth-order valence-electron chi connectivity index (χ4n) is 1.31. The van der Waals surface area contributed by atoms with Crippen LogP contribution in [-0.4, -0.2) is 31.4 Å². The molecule has 1 unspecified atom stereocenters. The lowest BCUT2D eigenvalue weighted by molar-refractivity contribution is 0.214. The molecule has 16 heavy (non-hydrogen) atoms. The van der Waals surface area contributed by atoms with Crippen molar-refractivity contribution in [2.45, 2.75) is 19.4 Å². The quantitative estimate of drug-likeness (QED) is 0.773. The van der Waals surface area contributed by atoms with Gasteiger partial charge in [0, 0.05) is 12.1 Å². The molecule has 1 aromatic carbocycles. The molecule has 2 N–H and O–H groups in total. The number of aryl methyl sites for hydroxylation is 1. The second kappa shape index (κ2) is 6.45. The maximum absolute atomic E-state index is 13.2. The molecular formula is C12H18FNO2. The number of aliphatic hydroxyl groups is 1. The summed E-state index contributed by atoms with van der Waals surface area (Å²) in [4.78, 5) is 0. The number of ether oxygens (including phenoxy) is 1. The van der Waals surface area contributed by atoms with Crippen molar-refractivity contribution in [2.24, 2.45) is 0 Å². The molecule has 4 heteroatoms. The Morgan fingerprint density at radius 1 is 1.50 bits per heavy atom. The van der Waals surface area contributed by atoms with Gasteiger partial charge in [-0.3, -0.25) is 0 Å². The molecule has 0 aliphatic heterocycles. The topological polar surface area (TPSA) is 41.5 Å². The van der Waals surface area contributed by atoms with E-state index < -0.39 is 0 Å². The molecule has 0 bridgehead atoms. The van der Waals surface area contributed by atoms with Gasteiger partial charge in [-0.15, -0.1) is 0 Å². The summed E-state index contributed by atoms with van der Waals surface area (Å²) in [6, 6.07) is 4.83. The van der Waals surface area contributed by atoms with Crippen LogP contribution in [0, 0.1) is 12.7 Å². The van der Waals surface area contributed by atoms with E-state index >= 15 is 0 Å². The third-order valence-electron chi connectivity index (χ3n) is 2.51. The number of aliphatic hydroxyl groups excluding tert-OH is 1. The number of rotatable bonds is 6. The van der Waals surface area contributed by atoms with Gasteiger partial charge in [0.25, 0.3) is 0 Å². The summed E-state index contributed by atoms with van der Waals surface area (Å²) in [7, 11) is 1.78. The lowest BCUT2D eigenvalue weighted by Gasteiger charge is -2.13. The summed E-state index contributed by atoms with van der Waals surface area (Å²) in [6.45, 7) is 2.23. The zero-order valence-electron chi connectivity index (χ0n) is 9.66. The number of nitrogens with one attached hydrogen (secondary N) is 1. The van der Waals surface area contributed by atoms with Crippen molar-refractivity contribution in [1.82, 2.24) is 5.32 Å². The van der Waals surface area contributed by atoms with Gasteiger partial charge in [-0.1, -0.05) is 6.07 Å². The number of likely N-dealkylation sites (N-methyl/N-ethyl adjacent to an activating group) is 1. The summed E-state index contributed by atoms with van der Waals surface area (Å²) in [6.07, 6.45) is 0.683. The summed E-state index contributed by atoms with van der Waals surface area (Å²) in [5.74, 6) is 0.265. The number of hydrogen-bond donors (Lipinski definition) is 2. The van der Waals surface area contributed by atoms with Crippen molar-refractivity contribution < 1.29 is 14.2 Å². The van der Waals surface area contributed by atoms with Crippen LogP contribution in [0.15, 0.2) is 18.2 Å². The first kappa shape index (κ1) is 12.9. The first-order chi connectivity index (χ1) is 7.67. The molecule has 1 aromatic rings. The highest BCUT2D eigenvalue weighted by molar-refractivity contribution is 5.27. The van der Waals surface area contributed by atoms with E-state index in [0.717, 1.165) is 0 Å². The third kappa shape index (κ3) is 3.79. The molecule has 0 aliphatic carbocycles. The smallest absolute Gasteiger partial charge is 0.129 e. The van der Waals surface area contributed by atoms with E-state index in [2.05, 4.69) is 5.32 Å². The maximum atomic E-state index is 13.2. The standard InChI is InChI=1S/C12H18FNO2/c1-9-3-4-11(7-12(9)13)16-6-5-10(8-15)14-2/h3-4,7,10,14-15H,5-6,8H2,1-2H3. The van der Waals surface area contributed by atoms with Gasteiger partial charge in [0.05, 0.1) is 13.2 Å². The highest BCUT2D eigenvalue weighted by atomic mass is 19.1. The van der Waals surface area contributed by atoms with Gasteiger partial charge in [0.1, 0.15) is 11.6 Å². The zero-order valence-corrected chi connectivity index (χ0v) is 9.66. The first-order valence-electron chi connectivity index (χ1n) is 5.34. The second-order valence-electron chi connectivity index (χ2n) is 3.72. The lowest BCUT2D eigenvalue weighted by atomic mass is 10.2. The lowest BCUT2D eigenvalue weighted by Crippen LogP contribution is -2.30. The molecule has 0 amide bonds. The van der Waals surface area contributed by atoms with Gasteiger partial charge in [0.15, 0.2) is 0 Å². The van der Waals surface area contributed by atoms with Crippen LogP contribution in [0.2, 0.25) is 0 Å². The summed E-state index contributed by atoms with van der Waals surface area (Å²) >= 11 is 0. The van der Waals surface area contributed by atoms with Crippen molar-refractivity contribution in [1.29, 1.82) is 0 Å². The molecule has 0 fully saturated rings. The molecule has 0 saturated carbocycles. The van der Waals surface area contributed by atoms with Crippen LogP contribution in [0.5, 0.6) is 5.75 Å². The van der Waals surface area contributed by atoms with Crippen molar-refractivity contribution >= 4 is 0 Å². The van der Waals surface area contributed by atoms with Crippen LogP contribution in [0.1, 0.15) is 12.0 Å². The number of halogens is 1. The molecule has 0 radical (unpaired) electrons. The molecule has 0 heterocycles. The van der Waals surface area contributed by atoms with Crippen LogP contribution in [0.25, 0.3) is 0 Å². The Morgan fingerprint density at radius 2 is 2.25 bits per heavy atom. The van der Waals surface area contributed by atoms with Crippen molar-refractivity contribution in [3.8, 4) is 5.75 Å². The Kier molecular flexibility index (Phi) is 5.22. The minimum Gasteiger partial charge on any atom is -0.493 e. The molecule has 0 spiro atoms. The van der Waals surface area contributed by atoms with Crippen molar-refractivity contribution in [3.63, 3.8) is 0 Å². The zero-order chi connectivity index (χ0) is 12.0. The SMILES string of the molecule is CNC(CO)CCOc1ccc(C)c(F)c1. The fourth-order valence-corrected chi connectivity index (χ4v) is 1.31. The van der Waals surface area contributed by atoms with E-state index in [1.165, 1.54) is 6.07 Å². The van der Waals surface area contributed by atoms with Gasteiger partial charge >= 0.3 is 0 Å². The average molecular weight is 227 g/mol. The number of benzene rings is 1. The Morgan fingerprint density at radius 3 is 2.81 bits per heavy atom. The van der Waals surface area contributed by atoms with Crippen LogP contribution in [-0.2, 0) is 0 Å². The minimum atomic E-state index is -0.259. The van der Waals surface area contributed by atoms with Crippen LogP contribution >= 0.6 is 0 Å². The molecule has 0 aliphatic rings. The maximum Gasteiger partial charge on any atom is 0.129 e. The molecule has 90 valence electrons. The third-order valence-corrected chi connectivity index (χ3v) is 2.51. The highest BCUT2D eigenvalue weighted by Gasteiger charge is 2.05. The minimum absolute atomic E-state index is 0.0234. The summed E-state index contributed by atoms with van der Waals surface area (Å²) < 4.78 is 18.5. The Bertz CT molecular complexity index is 327. The van der Waals surface area contributed by atoms with Crippen molar-refractivity contribution in [2.75, 3.05) is 20.3 Å². The van der Waals surface area contributed by atoms with Gasteiger partial charge < -0.3 is 15.2 Å². The number of hydrogen-bond acceptors (Lipinski definition) is 3. The van der Waals surface area contributed by atoms with Gasteiger partial charge in [-0.05, 0) is 32.0 Å². The highest BCUT2D eigenvalue weighted by Crippen LogP contribution is 2.15. The van der Waals surface area contributed by atoms with E-state index in [0.29, 0.717) is 24.3 Å². The fraction of sp³-hybridized carbons (Fsp3) is 0.500. The first-order valence-corrected chi connectivity index (χ1v) is 5.34. The predicted octanol–water partition coefficient (Wildman–Crippen LogP) is 1.48. The second-order valence-corrected chi connectivity index (χ2v) is 3.72. The van der Waals surface area contributed by atoms with Crippen LogP contribution < -0.4 is 10.1 Å². The predicted molar refractivity (Wildman–Crippen MR) is 61.2 cm³/mol. The van der Waals surface area contributed by atoms with Crippen LogP contribution in [0.4, 0.5) is 4.39 Å². The van der Waals surface area contributed by atoms with E-state index in [-0.39, 0.29) is 18.5 Å². The molecule has 0 aromatic heterocycles. The molecule has 0 saturated heterocycles. The largest absolute Gasteiger partial charge is 0.493 e. The van der Waals surface area contributed by atoms with Gasteiger partial charge in [-0.2, -0.15) is 0 Å². The van der Waals surface area contributed by atoms with E-state index in [1.54, 1.807) is 26.1 Å². The molecular weight excluding hydrogens is 209 g/mol. The normalized spacial score (nSPS) is 12.5. The summed E-state index contributed by atoms with van der Waals surface area (Å²) in [5, 5.41) is 11.9. The molecule has 1 rings (SSSR count). The molecule has 1 atom stereocenters. The van der Waals surface area contributed by atoms with Gasteiger partial charge in [-0.25, -0.2) is 4.39 Å². The summed E-state index contributed by atoms with van der Waals surface area (Å²) in [5.41, 5.74) is 0.607. The van der Waals surface area contributed by atoms with E-state index in [9.17, 15) is 4.39 Å². The molecule has 3 nitrogen and oxygen atoms in total. The van der Waals surface area contributed by atoms with Crippen LogP contribution in [0.3, 0.4) is 0 Å². The van der Waals surface area contributed by atoms with Crippen molar-refractivity contribution in [3.05, 3.63) is 29.6 Å². The monoisotopic (exact) mass is 227 g/mol. The Labute approximate surface area is 95.2 Å². The van der Waals surface area contributed by atoms with E-state index in [4.69, 9.17) is 9.84 Å². The van der Waals surface area contributed by atoms with E-state index in [1.807, 2.05) is 0 Å².